The minimum Gasteiger partial charge on any atom is -0.319 e. The van der Waals surface area contributed by atoms with Gasteiger partial charge < -0.3 is 10.6 Å². The van der Waals surface area contributed by atoms with E-state index in [4.69, 9.17) is 0 Å². The van der Waals surface area contributed by atoms with Gasteiger partial charge in [-0.2, -0.15) is 0 Å². The zero-order valence-corrected chi connectivity index (χ0v) is 11.7. The summed E-state index contributed by atoms with van der Waals surface area (Å²) in [5, 5.41) is 16.9. The van der Waals surface area contributed by atoms with Gasteiger partial charge in [0.1, 0.15) is 5.69 Å². The maximum atomic E-state index is 12.4. The van der Waals surface area contributed by atoms with Crippen molar-refractivity contribution < 1.29 is 9.72 Å². The minimum absolute atomic E-state index is 0.0715. The quantitative estimate of drug-likeness (QED) is 0.656. The summed E-state index contributed by atoms with van der Waals surface area (Å²) in [4.78, 5) is 22.9. The average molecular weight is 277 g/mol. The molecule has 2 rings (SSSR count). The molecule has 1 aliphatic rings. The van der Waals surface area contributed by atoms with Crippen LogP contribution < -0.4 is 10.6 Å². The molecule has 0 radical (unpaired) electrons. The van der Waals surface area contributed by atoms with Crippen LogP contribution in [-0.2, 0) is 4.79 Å². The van der Waals surface area contributed by atoms with E-state index in [0.29, 0.717) is 0 Å². The van der Waals surface area contributed by atoms with Crippen molar-refractivity contribution in [2.75, 3.05) is 11.9 Å². The van der Waals surface area contributed by atoms with Crippen LogP contribution in [0, 0.1) is 17.0 Å². The third kappa shape index (κ3) is 2.96. The van der Waals surface area contributed by atoms with Crippen LogP contribution in [0.3, 0.4) is 0 Å². The first kappa shape index (κ1) is 14.5. The summed E-state index contributed by atoms with van der Waals surface area (Å²) in [5.74, 6) is -0.218. The van der Waals surface area contributed by atoms with Crippen molar-refractivity contribution in [3.05, 3.63) is 33.9 Å². The monoisotopic (exact) mass is 277 g/mol. The molecule has 1 saturated heterocycles. The first-order chi connectivity index (χ1) is 9.42. The van der Waals surface area contributed by atoms with E-state index in [0.717, 1.165) is 31.4 Å². The third-order valence-corrected chi connectivity index (χ3v) is 3.72. The zero-order valence-electron chi connectivity index (χ0n) is 11.7. The van der Waals surface area contributed by atoms with Crippen LogP contribution in [0.4, 0.5) is 11.4 Å². The molecule has 0 aromatic heterocycles. The first-order valence-corrected chi connectivity index (χ1v) is 6.74. The maximum absolute atomic E-state index is 12.4. The van der Waals surface area contributed by atoms with Gasteiger partial charge in [0.2, 0.25) is 5.91 Å². The molecule has 20 heavy (non-hydrogen) atoms. The topological polar surface area (TPSA) is 84.3 Å². The fourth-order valence-electron chi connectivity index (χ4n) is 2.41. The molecule has 2 N–H and O–H groups in total. The van der Waals surface area contributed by atoms with Gasteiger partial charge in [-0.3, -0.25) is 14.9 Å². The molecule has 1 fully saturated rings. The highest BCUT2D eigenvalue weighted by Gasteiger charge is 2.35. The van der Waals surface area contributed by atoms with Gasteiger partial charge in [-0.05, 0) is 51.3 Å². The molecule has 1 unspecified atom stereocenters. The van der Waals surface area contributed by atoms with E-state index in [1.54, 1.807) is 19.1 Å². The highest BCUT2D eigenvalue weighted by Crippen LogP contribution is 2.27. The van der Waals surface area contributed by atoms with Gasteiger partial charge in [0, 0.05) is 6.07 Å². The van der Waals surface area contributed by atoms with Gasteiger partial charge in [-0.25, -0.2) is 0 Å². The number of anilines is 1. The van der Waals surface area contributed by atoms with Crippen molar-refractivity contribution in [3.63, 3.8) is 0 Å². The Morgan fingerprint density at radius 2 is 2.20 bits per heavy atom. The predicted octanol–water partition coefficient (Wildman–Crippen LogP) is 2.37. The van der Waals surface area contributed by atoms with E-state index in [1.807, 2.05) is 6.92 Å². The molecular formula is C14H19N3O3. The molecule has 1 atom stereocenters. The lowest BCUT2D eigenvalue weighted by molar-refractivity contribution is -0.384. The maximum Gasteiger partial charge on any atom is 0.293 e. The second-order valence-electron chi connectivity index (χ2n) is 5.45. The van der Waals surface area contributed by atoms with Crippen LogP contribution in [0.25, 0.3) is 0 Å². The molecule has 0 spiro atoms. The van der Waals surface area contributed by atoms with E-state index < -0.39 is 10.5 Å². The lowest BCUT2D eigenvalue weighted by Gasteiger charge is -2.33. The Morgan fingerprint density at radius 3 is 2.80 bits per heavy atom. The van der Waals surface area contributed by atoms with E-state index in [9.17, 15) is 14.9 Å². The fourth-order valence-corrected chi connectivity index (χ4v) is 2.41. The Labute approximate surface area is 117 Å². The van der Waals surface area contributed by atoms with Crippen molar-refractivity contribution in [2.45, 2.75) is 38.6 Å². The summed E-state index contributed by atoms with van der Waals surface area (Å²) in [6.45, 7) is 4.41. The number of nitro groups is 1. The Kier molecular flexibility index (Phi) is 4.04. The fraction of sp³-hybridized carbons (Fsp3) is 0.500. The second-order valence-corrected chi connectivity index (χ2v) is 5.45. The third-order valence-electron chi connectivity index (χ3n) is 3.72. The van der Waals surface area contributed by atoms with E-state index >= 15 is 0 Å². The average Bonchev–Trinajstić information content (AvgIpc) is 2.41. The number of hydrogen-bond acceptors (Lipinski definition) is 4. The van der Waals surface area contributed by atoms with Crippen LogP contribution >= 0.6 is 0 Å². The van der Waals surface area contributed by atoms with Crippen LogP contribution in [0.5, 0.6) is 0 Å². The Hall–Kier alpha value is -1.95. The summed E-state index contributed by atoms with van der Waals surface area (Å²) in [6.07, 6.45) is 2.76. The number of aryl methyl sites for hydroxylation is 1. The van der Waals surface area contributed by atoms with Crippen molar-refractivity contribution >= 4 is 17.3 Å². The summed E-state index contributed by atoms with van der Waals surface area (Å²) in [5.41, 5.74) is 0.311. The van der Waals surface area contributed by atoms with E-state index in [2.05, 4.69) is 10.6 Å². The molecule has 1 heterocycles. The molecule has 108 valence electrons. The highest BCUT2D eigenvalue weighted by atomic mass is 16.6. The molecule has 1 aliphatic heterocycles. The summed E-state index contributed by atoms with van der Waals surface area (Å²) in [6, 6.07) is 4.79. The van der Waals surface area contributed by atoms with E-state index in [1.165, 1.54) is 6.07 Å². The molecule has 1 amide bonds. The minimum atomic E-state index is -0.656. The number of amides is 1. The first-order valence-electron chi connectivity index (χ1n) is 6.74. The van der Waals surface area contributed by atoms with Crippen LogP contribution in [0.1, 0.15) is 31.7 Å². The normalized spacial score (nSPS) is 22.3. The standard InChI is InChI=1S/C14H19N3O3/c1-10-5-6-11(12(9-10)17(19)20)16-13(18)14(2)7-3-4-8-15-14/h5-6,9,15H,3-4,7-8H2,1-2H3,(H,16,18). The molecule has 1 aromatic rings. The van der Waals surface area contributed by atoms with Gasteiger partial charge in [0.25, 0.3) is 5.69 Å². The second kappa shape index (κ2) is 5.58. The van der Waals surface area contributed by atoms with Gasteiger partial charge in [-0.15, -0.1) is 0 Å². The summed E-state index contributed by atoms with van der Waals surface area (Å²) >= 11 is 0. The molecule has 1 aromatic carbocycles. The SMILES string of the molecule is Cc1ccc(NC(=O)C2(C)CCCCN2)c([N+](=O)[O-])c1. The molecule has 6 heteroatoms. The molecule has 0 saturated carbocycles. The molecular weight excluding hydrogens is 258 g/mol. The lowest BCUT2D eigenvalue weighted by atomic mass is 9.90. The summed E-state index contributed by atoms with van der Waals surface area (Å²) < 4.78 is 0. The van der Waals surface area contributed by atoms with Crippen molar-refractivity contribution in [1.29, 1.82) is 0 Å². The lowest BCUT2D eigenvalue weighted by Crippen LogP contribution is -2.54. The number of nitro benzene ring substituents is 1. The number of carbonyl (C=O) groups excluding carboxylic acids is 1. The van der Waals surface area contributed by atoms with Gasteiger partial charge in [-0.1, -0.05) is 6.07 Å². The summed E-state index contributed by atoms with van der Waals surface area (Å²) in [7, 11) is 0. The Morgan fingerprint density at radius 1 is 1.45 bits per heavy atom. The highest BCUT2D eigenvalue weighted by molar-refractivity contribution is 5.99. The van der Waals surface area contributed by atoms with E-state index in [-0.39, 0.29) is 17.3 Å². The number of piperidine rings is 1. The van der Waals surface area contributed by atoms with Crippen LogP contribution in [0.15, 0.2) is 18.2 Å². The molecule has 6 nitrogen and oxygen atoms in total. The largest absolute Gasteiger partial charge is 0.319 e. The van der Waals surface area contributed by atoms with Crippen molar-refractivity contribution in [3.8, 4) is 0 Å². The zero-order chi connectivity index (χ0) is 14.8. The molecule has 0 bridgehead atoms. The number of nitrogens with zero attached hydrogens (tertiary/aromatic N) is 1. The number of benzene rings is 1. The molecule has 0 aliphatic carbocycles. The van der Waals surface area contributed by atoms with Gasteiger partial charge in [0.15, 0.2) is 0 Å². The van der Waals surface area contributed by atoms with Crippen LogP contribution in [0.2, 0.25) is 0 Å². The predicted molar refractivity (Wildman–Crippen MR) is 76.7 cm³/mol. The van der Waals surface area contributed by atoms with Crippen molar-refractivity contribution in [2.24, 2.45) is 0 Å². The smallest absolute Gasteiger partial charge is 0.293 e. The number of nitrogens with one attached hydrogen (secondary N) is 2. The van der Waals surface area contributed by atoms with Crippen molar-refractivity contribution in [1.82, 2.24) is 5.32 Å². The Balaban J connectivity index is 2.21. The van der Waals surface area contributed by atoms with Gasteiger partial charge >= 0.3 is 0 Å². The van der Waals surface area contributed by atoms with Crippen LogP contribution in [-0.4, -0.2) is 22.9 Å². The van der Waals surface area contributed by atoms with Gasteiger partial charge in [0.05, 0.1) is 10.5 Å². The number of carbonyl (C=O) groups is 1. The Bertz CT molecular complexity index is 536. The number of hydrogen-bond donors (Lipinski definition) is 2. The number of rotatable bonds is 3.